The van der Waals surface area contributed by atoms with E-state index in [1.54, 1.807) is 11.0 Å². The molecule has 0 bridgehead atoms. The minimum atomic E-state index is -1.05. The third-order valence-electron chi connectivity index (χ3n) is 4.47. The molecule has 0 unspecified atom stereocenters. The van der Waals surface area contributed by atoms with Gasteiger partial charge < -0.3 is 9.64 Å². The molecule has 0 saturated carbocycles. The molecule has 5 heteroatoms. The van der Waals surface area contributed by atoms with Gasteiger partial charge in [-0.05, 0) is 30.2 Å². The maximum absolute atomic E-state index is 13.8. The Labute approximate surface area is 169 Å². The minimum Gasteiger partial charge on any atom is -0.449 e. The van der Waals surface area contributed by atoms with Crippen LogP contribution in [0.1, 0.15) is 28.4 Å². The normalized spacial score (nSPS) is 11.5. The Balaban J connectivity index is 1.75. The summed E-state index contributed by atoms with van der Waals surface area (Å²) < 4.78 is 19.1. The number of ether oxygens (including phenoxy) is 1. The zero-order valence-electron chi connectivity index (χ0n) is 16.1. The van der Waals surface area contributed by atoms with Crippen molar-refractivity contribution in [2.45, 2.75) is 26.1 Å². The Morgan fingerprint density at radius 2 is 1.31 bits per heavy atom. The van der Waals surface area contributed by atoms with E-state index in [9.17, 15) is 14.0 Å². The fourth-order valence-corrected chi connectivity index (χ4v) is 2.98. The maximum atomic E-state index is 13.8. The second-order valence-corrected chi connectivity index (χ2v) is 6.69. The fourth-order valence-electron chi connectivity index (χ4n) is 2.98. The first-order valence-corrected chi connectivity index (χ1v) is 9.36. The zero-order valence-corrected chi connectivity index (χ0v) is 16.1. The van der Waals surface area contributed by atoms with Crippen LogP contribution >= 0.6 is 0 Å². The number of benzene rings is 3. The van der Waals surface area contributed by atoms with Crippen molar-refractivity contribution in [3.05, 3.63) is 107 Å². The van der Waals surface area contributed by atoms with Crippen LogP contribution in [0.4, 0.5) is 4.39 Å². The summed E-state index contributed by atoms with van der Waals surface area (Å²) in [7, 11) is 0. The minimum absolute atomic E-state index is 0.190. The fraction of sp³-hybridized carbons (Fsp3) is 0.167. The maximum Gasteiger partial charge on any atom is 0.341 e. The van der Waals surface area contributed by atoms with Crippen molar-refractivity contribution in [2.75, 3.05) is 0 Å². The van der Waals surface area contributed by atoms with E-state index >= 15 is 0 Å². The number of nitrogens with zero attached hydrogens (tertiary/aromatic N) is 1. The number of esters is 1. The summed E-state index contributed by atoms with van der Waals surface area (Å²) in [6.07, 6.45) is -1.05. The van der Waals surface area contributed by atoms with Crippen molar-refractivity contribution >= 4 is 11.9 Å². The lowest BCUT2D eigenvalue weighted by Crippen LogP contribution is -2.39. The molecule has 1 atom stereocenters. The molecule has 0 spiro atoms. The van der Waals surface area contributed by atoms with Crippen LogP contribution in [-0.4, -0.2) is 22.9 Å². The SMILES string of the molecule is C[C@H](OC(=O)c1ccccc1F)C(=O)N(Cc1ccccc1)Cc1ccccc1. The number of carbonyl (C=O) groups is 2. The molecule has 0 radical (unpaired) electrons. The first kappa shape index (κ1) is 20.3. The highest BCUT2D eigenvalue weighted by atomic mass is 19.1. The molecule has 0 saturated heterocycles. The Kier molecular flexibility index (Phi) is 6.74. The Morgan fingerprint density at radius 3 is 1.83 bits per heavy atom. The van der Waals surface area contributed by atoms with Crippen molar-refractivity contribution < 1.29 is 18.7 Å². The molecular weight excluding hydrogens is 369 g/mol. The molecule has 0 N–H and O–H groups in total. The molecule has 0 aliphatic heterocycles. The lowest BCUT2D eigenvalue weighted by atomic mass is 10.1. The van der Waals surface area contributed by atoms with E-state index in [0.717, 1.165) is 11.1 Å². The Morgan fingerprint density at radius 1 is 0.828 bits per heavy atom. The van der Waals surface area contributed by atoms with Crippen molar-refractivity contribution in [1.29, 1.82) is 0 Å². The molecule has 148 valence electrons. The van der Waals surface area contributed by atoms with Gasteiger partial charge in [-0.2, -0.15) is 0 Å². The van der Waals surface area contributed by atoms with Crippen LogP contribution in [0.3, 0.4) is 0 Å². The molecule has 0 fully saturated rings. The van der Waals surface area contributed by atoms with Crippen LogP contribution in [0, 0.1) is 5.82 Å². The van der Waals surface area contributed by atoms with Crippen LogP contribution < -0.4 is 0 Å². The Bertz CT molecular complexity index is 919. The first-order valence-electron chi connectivity index (χ1n) is 9.36. The summed E-state index contributed by atoms with van der Waals surface area (Å²) in [6, 6.07) is 24.7. The lowest BCUT2D eigenvalue weighted by molar-refractivity contribution is -0.141. The van der Waals surface area contributed by atoms with Gasteiger partial charge in [0.15, 0.2) is 6.10 Å². The van der Waals surface area contributed by atoms with E-state index in [0.29, 0.717) is 13.1 Å². The van der Waals surface area contributed by atoms with Gasteiger partial charge in [-0.15, -0.1) is 0 Å². The first-order chi connectivity index (χ1) is 14.0. The number of hydrogen-bond acceptors (Lipinski definition) is 3. The summed E-state index contributed by atoms with van der Waals surface area (Å²) >= 11 is 0. The van der Waals surface area contributed by atoms with E-state index in [2.05, 4.69) is 0 Å². The molecule has 0 aromatic heterocycles. The zero-order chi connectivity index (χ0) is 20.6. The third kappa shape index (κ3) is 5.51. The van der Waals surface area contributed by atoms with Gasteiger partial charge in [-0.3, -0.25) is 4.79 Å². The van der Waals surface area contributed by atoms with E-state index in [-0.39, 0.29) is 11.5 Å². The topological polar surface area (TPSA) is 46.6 Å². The predicted octanol–water partition coefficient (Wildman–Crippen LogP) is 4.60. The van der Waals surface area contributed by atoms with Gasteiger partial charge in [0.2, 0.25) is 0 Å². The number of carbonyl (C=O) groups excluding carboxylic acids is 2. The quantitative estimate of drug-likeness (QED) is 0.553. The van der Waals surface area contributed by atoms with Crippen LogP contribution in [0.25, 0.3) is 0 Å². The smallest absolute Gasteiger partial charge is 0.341 e. The van der Waals surface area contributed by atoms with Crippen molar-refractivity contribution in [2.24, 2.45) is 0 Å². The van der Waals surface area contributed by atoms with Gasteiger partial charge in [-0.25, -0.2) is 9.18 Å². The molecule has 29 heavy (non-hydrogen) atoms. The van der Waals surface area contributed by atoms with E-state index in [4.69, 9.17) is 4.74 Å². The largest absolute Gasteiger partial charge is 0.449 e. The molecule has 0 aliphatic rings. The molecule has 0 aliphatic carbocycles. The summed E-state index contributed by atoms with van der Waals surface area (Å²) in [5.74, 6) is -1.88. The van der Waals surface area contributed by atoms with Gasteiger partial charge in [0, 0.05) is 13.1 Å². The van der Waals surface area contributed by atoms with Crippen LogP contribution in [0.5, 0.6) is 0 Å². The summed E-state index contributed by atoms with van der Waals surface area (Å²) in [6.45, 7) is 2.25. The van der Waals surface area contributed by atoms with Gasteiger partial charge in [0.05, 0.1) is 5.56 Å². The number of rotatable bonds is 7. The molecule has 3 rings (SSSR count). The number of halogens is 1. The average Bonchev–Trinajstić information content (AvgIpc) is 2.74. The van der Waals surface area contributed by atoms with E-state index in [1.165, 1.54) is 25.1 Å². The van der Waals surface area contributed by atoms with Crippen molar-refractivity contribution in [1.82, 2.24) is 4.90 Å². The Hall–Kier alpha value is -3.47. The van der Waals surface area contributed by atoms with Gasteiger partial charge in [0.1, 0.15) is 5.82 Å². The van der Waals surface area contributed by atoms with Crippen molar-refractivity contribution in [3.63, 3.8) is 0 Å². The van der Waals surface area contributed by atoms with Crippen LogP contribution in [-0.2, 0) is 22.6 Å². The third-order valence-corrected chi connectivity index (χ3v) is 4.47. The molecular formula is C24H22FNO3. The molecule has 4 nitrogen and oxygen atoms in total. The number of hydrogen-bond donors (Lipinski definition) is 0. The van der Waals surface area contributed by atoms with Crippen LogP contribution in [0.15, 0.2) is 84.9 Å². The van der Waals surface area contributed by atoms with Gasteiger partial charge in [-0.1, -0.05) is 72.8 Å². The highest BCUT2D eigenvalue weighted by Crippen LogP contribution is 2.15. The van der Waals surface area contributed by atoms with E-state index in [1.807, 2.05) is 60.7 Å². The predicted molar refractivity (Wildman–Crippen MR) is 108 cm³/mol. The second kappa shape index (κ2) is 9.64. The molecule has 0 heterocycles. The number of amides is 1. The standard InChI is InChI=1S/C24H22FNO3/c1-18(29-24(28)21-14-8-9-15-22(21)25)23(27)26(16-19-10-4-2-5-11-19)17-20-12-6-3-7-13-20/h2-15,18H,16-17H2,1H3/t18-/m0/s1. The average molecular weight is 391 g/mol. The van der Waals surface area contributed by atoms with Crippen LogP contribution in [0.2, 0.25) is 0 Å². The van der Waals surface area contributed by atoms with E-state index < -0.39 is 17.9 Å². The molecule has 1 amide bonds. The van der Waals surface area contributed by atoms with Gasteiger partial charge in [0.25, 0.3) is 5.91 Å². The second-order valence-electron chi connectivity index (χ2n) is 6.69. The lowest BCUT2D eigenvalue weighted by Gasteiger charge is -2.26. The molecule has 3 aromatic rings. The summed E-state index contributed by atoms with van der Waals surface area (Å²) in [5.41, 5.74) is 1.73. The summed E-state index contributed by atoms with van der Waals surface area (Å²) in [5, 5.41) is 0. The highest BCUT2D eigenvalue weighted by molar-refractivity contribution is 5.92. The molecule has 3 aromatic carbocycles. The monoisotopic (exact) mass is 391 g/mol. The highest BCUT2D eigenvalue weighted by Gasteiger charge is 2.25. The van der Waals surface area contributed by atoms with Crippen molar-refractivity contribution in [3.8, 4) is 0 Å². The van der Waals surface area contributed by atoms with Gasteiger partial charge >= 0.3 is 5.97 Å². The summed E-state index contributed by atoms with van der Waals surface area (Å²) in [4.78, 5) is 27.0.